The maximum atomic E-state index is 11.5. The summed E-state index contributed by atoms with van der Waals surface area (Å²) in [6.07, 6.45) is -0.543. The van der Waals surface area contributed by atoms with Gasteiger partial charge in [-0.1, -0.05) is 0 Å². The zero-order chi connectivity index (χ0) is 12.1. The molecule has 0 bridgehead atoms. The summed E-state index contributed by atoms with van der Waals surface area (Å²) in [7, 11) is 0. The minimum absolute atomic E-state index is 0.142. The largest absolute Gasteiger partial charge is 0.480 e. The number of benzene rings is 1. The molecule has 0 aliphatic rings. The lowest BCUT2D eigenvalue weighted by atomic mass is 10.3. The Bertz CT molecular complexity index is 382. The quantitative estimate of drug-likeness (QED) is 0.832. The van der Waals surface area contributed by atoms with Crippen molar-refractivity contribution < 1.29 is 9.53 Å². The Kier molecular flexibility index (Phi) is 4.61. The Balaban J connectivity index is 2.72. The fourth-order valence-electron chi connectivity index (χ4n) is 1.17. The van der Waals surface area contributed by atoms with E-state index < -0.39 is 6.10 Å². The molecule has 0 aliphatic heterocycles. The van der Waals surface area contributed by atoms with Gasteiger partial charge in [-0.25, -0.2) is 0 Å². The predicted octanol–water partition coefficient (Wildman–Crippen LogP) is 1.93. The highest BCUT2D eigenvalue weighted by Gasteiger charge is 2.14. The van der Waals surface area contributed by atoms with Crippen molar-refractivity contribution in [1.29, 1.82) is 0 Å². The molecule has 0 saturated heterocycles. The highest BCUT2D eigenvalue weighted by molar-refractivity contribution is 9.10. The van der Waals surface area contributed by atoms with Crippen LogP contribution in [0, 0.1) is 0 Å². The molecule has 0 aliphatic carbocycles. The summed E-state index contributed by atoms with van der Waals surface area (Å²) < 4.78 is 6.28. The number of hydrogen-bond acceptors (Lipinski definition) is 3. The minimum Gasteiger partial charge on any atom is -0.480 e. The molecule has 1 aromatic carbocycles. The van der Waals surface area contributed by atoms with E-state index in [1.165, 1.54) is 0 Å². The number of nitrogens with two attached hydrogens (primary N) is 1. The molecule has 1 unspecified atom stereocenters. The predicted molar refractivity (Wildman–Crippen MR) is 67.3 cm³/mol. The molecule has 1 aromatic rings. The number of halogens is 1. The fourth-order valence-corrected chi connectivity index (χ4v) is 1.51. The molecular weight excluding hydrogens is 272 g/mol. The third kappa shape index (κ3) is 3.41. The first-order chi connectivity index (χ1) is 7.54. The third-order valence-corrected chi connectivity index (χ3v) is 2.63. The molecule has 1 rings (SSSR count). The number of likely N-dealkylation sites (N-methyl/N-ethyl adjacent to an activating group) is 1. The molecule has 0 spiro atoms. The third-order valence-electron chi connectivity index (χ3n) is 1.98. The number of nitrogen functional groups attached to an aromatic ring is 1. The second-order valence-electron chi connectivity index (χ2n) is 3.34. The molecule has 0 heterocycles. The normalized spacial score (nSPS) is 11.9. The van der Waals surface area contributed by atoms with Gasteiger partial charge in [-0.3, -0.25) is 4.79 Å². The molecule has 5 heteroatoms. The fraction of sp³-hybridized carbons (Fsp3) is 0.364. The van der Waals surface area contributed by atoms with Crippen LogP contribution < -0.4 is 15.8 Å². The number of carbonyl (C=O) groups excluding carboxylic acids is 1. The maximum absolute atomic E-state index is 11.5. The Morgan fingerprint density at radius 3 is 2.94 bits per heavy atom. The summed E-state index contributed by atoms with van der Waals surface area (Å²) in [4.78, 5) is 11.5. The van der Waals surface area contributed by atoms with Crippen LogP contribution in [0.2, 0.25) is 0 Å². The molecular formula is C11H15BrN2O2. The van der Waals surface area contributed by atoms with Gasteiger partial charge in [-0.2, -0.15) is 0 Å². The van der Waals surface area contributed by atoms with Crippen LogP contribution in [0.25, 0.3) is 0 Å². The van der Waals surface area contributed by atoms with E-state index in [9.17, 15) is 4.79 Å². The van der Waals surface area contributed by atoms with E-state index in [-0.39, 0.29) is 5.91 Å². The average Bonchev–Trinajstić information content (AvgIpc) is 2.23. The van der Waals surface area contributed by atoms with Gasteiger partial charge in [0.1, 0.15) is 5.75 Å². The Labute approximate surface area is 103 Å². The molecule has 16 heavy (non-hydrogen) atoms. The van der Waals surface area contributed by atoms with Crippen LogP contribution in [-0.4, -0.2) is 18.6 Å². The van der Waals surface area contributed by atoms with Crippen LogP contribution in [-0.2, 0) is 4.79 Å². The smallest absolute Gasteiger partial charge is 0.260 e. The number of amides is 1. The van der Waals surface area contributed by atoms with Gasteiger partial charge in [0.05, 0.1) is 4.47 Å². The van der Waals surface area contributed by atoms with E-state index in [4.69, 9.17) is 10.5 Å². The van der Waals surface area contributed by atoms with E-state index in [1.807, 2.05) is 6.92 Å². The van der Waals surface area contributed by atoms with Crippen molar-refractivity contribution in [2.24, 2.45) is 0 Å². The summed E-state index contributed by atoms with van der Waals surface area (Å²) in [6, 6.07) is 5.22. The van der Waals surface area contributed by atoms with Crippen molar-refractivity contribution in [3.63, 3.8) is 0 Å². The number of nitrogens with one attached hydrogen (secondary N) is 1. The molecule has 4 nitrogen and oxygen atoms in total. The zero-order valence-electron chi connectivity index (χ0n) is 9.29. The van der Waals surface area contributed by atoms with Crippen LogP contribution >= 0.6 is 15.9 Å². The van der Waals surface area contributed by atoms with Gasteiger partial charge in [0, 0.05) is 18.3 Å². The van der Waals surface area contributed by atoms with Crippen LogP contribution in [0.5, 0.6) is 5.75 Å². The number of anilines is 1. The topological polar surface area (TPSA) is 64.3 Å². The Morgan fingerprint density at radius 1 is 1.62 bits per heavy atom. The minimum atomic E-state index is -0.543. The lowest BCUT2D eigenvalue weighted by molar-refractivity contribution is -0.127. The van der Waals surface area contributed by atoms with Crippen molar-refractivity contribution in [2.75, 3.05) is 12.3 Å². The number of carbonyl (C=O) groups is 1. The van der Waals surface area contributed by atoms with Gasteiger partial charge in [0.2, 0.25) is 0 Å². The lowest BCUT2D eigenvalue weighted by Gasteiger charge is -2.15. The summed E-state index contributed by atoms with van der Waals surface area (Å²) in [5.74, 6) is 0.426. The van der Waals surface area contributed by atoms with Crippen molar-refractivity contribution in [3.8, 4) is 5.75 Å². The molecule has 3 N–H and O–H groups in total. The summed E-state index contributed by atoms with van der Waals surface area (Å²) >= 11 is 3.33. The molecule has 0 radical (unpaired) electrons. The first-order valence-corrected chi connectivity index (χ1v) is 5.83. The number of hydrogen-bond donors (Lipinski definition) is 2. The SMILES string of the molecule is CCNC(=O)C(C)Oc1cc(N)ccc1Br. The lowest BCUT2D eigenvalue weighted by Crippen LogP contribution is -2.36. The summed E-state index contributed by atoms with van der Waals surface area (Å²) in [5.41, 5.74) is 6.24. The summed E-state index contributed by atoms with van der Waals surface area (Å²) in [5, 5.41) is 2.69. The average molecular weight is 287 g/mol. The van der Waals surface area contributed by atoms with Crippen LogP contribution in [0.15, 0.2) is 22.7 Å². The highest BCUT2D eigenvalue weighted by Crippen LogP contribution is 2.27. The van der Waals surface area contributed by atoms with Gasteiger partial charge in [-0.05, 0) is 41.9 Å². The van der Waals surface area contributed by atoms with Crippen molar-refractivity contribution in [3.05, 3.63) is 22.7 Å². The standard InChI is InChI=1S/C11H15BrN2O2/c1-3-14-11(15)7(2)16-10-6-8(13)4-5-9(10)12/h4-7H,3,13H2,1-2H3,(H,14,15). The van der Waals surface area contributed by atoms with Crippen LogP contribution in [0.4, 0.5) is 5.69 Å². The van der Waals surface area contributed by atoms with Crippen LogP contribution in [0.1, 0.15) is 13.8 Å². The number of ether oxygens (including phenoxy) is 1. The second kappa shape index (κ2) is 5.75. The Morgan fingerprint density at radius 2 is 2.31 bits per heavy atom. The summed E-state index contributed by atoms with van der Waals surface area (Å²) in [6.45, 7) is 4.15. The van der Waals surface area contributed by atoms with Gasteiger partial charge in [0.25, 0.3) is 5.91 Å². The van der Waals surface area contributed by atoms with E-state index in [0.29, 0.717) is 18.0 Å². The van der Waals surface area contributed by atoms with Gasteiger partial charge >= 0.3 is 0 Å². The second-order valence-corrected chi connectivity index (χ2v) is 4.20. The molecule has 0 aromatic heterocycles. The first-order valence-electron chi connectivity index (χ1n) is 5.04. The van der Waals surface area contributed by atoms with Gasteiger partial charge < -0.3 is 15.8 Å². The van der Waals surface area contributed by atoms with Crippen LogP contribution in [0.3, 0.4) is 0 Å². The Hall–Kier alpha value is -1.23. The zero-order valence-corrected chi connectivity index (χ0v) is 10.9. The molecule has 0 fully saturated rings. The van der Waals surface area contributed by atoms with Crippen molar-refractivity contribution in [1.82, 2.24) is 5.32 Å². The van der Waals surface area contributed by atoms with E-state index in [1.54, 1.807) is 25.1 Å². The molecule has 1 amide bonds. The van der Waals surface area contributed by atoms with Crippen molar-refractivity contribution in [2.45, 2.75) is 20.0 Å². The van der Waals surface area contributed by atoms with E-state index >= 15 is 0 Å². The molecule has 0 saturated carbocycles. The number of rotatable bonds is 4. The molecule has 1 atom stereocenters. The maximum Gasteiger partial charge on any atom is 0.260 e. The van der Waals surface area contributed by atoms with Gasteiger partial charge in [-0.15, -0.1) is 0 Å². The highest BCUT2D eigenvalue weighted by atomic mass is 79.9. The van der Waals surface area contributed by atoms with Gasteiger partial charge in [0.15, 0.2) is 6.10 Å². The monoisotopic (exact) mass is 286 g/mol. The van der Waals surface area contributed by atoms with E-state index in [0.717, 1.165) is 4.47 Å². The van der Waals surface area contributed by atoms with Crippen molar-refractivity contribution >= 4 is 27.5 Å². The molecule has 88 valence electrons. The first kappa shape index (κ1) is 12.8. The van der Waals surface area contributed by atoms with E-state index in [2.05, 4.69) is 21.2 Å².